The maximum atomic E-state index is 13.4. The fraction of sp³-hybridized carbons (Fsp3) is 0.538. The lowest BCUT2D eigenvalue weighted by atomic mass is 9.90. The third-order valence-electron chi connectivity index (χ3n) is 7.54. The predicted octanol–water partition coefficient (Wildman–Crippen LogP) is 3.52. The summed E-state index contributed by atoms with van der Waals surface area (Å²) in [7, 11) is 0. The van der Waals surface area contributed by atoms with Crippen LogP contribution in [-0.4, -0.2) is 61.2 Å². The number of carbonyl (C=O) groups excluding carboxylic acids is 1. The van der Waals surface area contributed by atoms with E-state index in [0.717, 1.165) is 68.0 Å². The van der Waals surface area contributed by atoms with Crippen LogP contribution >= 0.6 is 11.8 Å². The average molecular weight is 494 g/mol. The first kappa shape index (κ1) is 22.8. The predicted molar refractivity (Wildman–Crippen MR) is 134 cm³/mol. The molecule has 9 heteroatoms. The minimum Gasteiger partial charge on any atom is -0.374 e. The van der Waals surface area contributed by atoms with Crippen LogP contribution in [0.25, 0.3) is 17.1 Å². The molecule has 0 aromatic heterocycles. The highest BCUT2D eigenvalue weighted by Gasteiger charge is 2.37. The second kappa shape index (κ2) is 9.78. The molecule has 35 heavy (non-hydrogen) atoms. The number of fused-ring (bicyclic) bond motifs is 4. The molecule has 1 saturated carbocycles. The van der Waals surface area contributed by atoms with Gasteiger partial charge in [0.25, 0.3) is 5.56 Å². The smallest absolute Gasteiger partial charge is 0.284 e. The maximum Gasteiger partial charge on any atom is 0.284 e. The SMILES string of the molecule is O=C(CSc1nc2nn(-c3ccccc3)c(=O)c-2c2n1CCCCC2)N1CCOC2CCCCC21. The Kier molecular flexibility index (Phi) is 6.37. The molecule has 1 aliphatic carbocycles. The molecule has 0 N–H and O–H groups in total. The van der Waals surface area contributed by atoms with E-state index in [9.17, 15) is 9.59 Å². The number of ether oxygens (including phenoxy) is 1. The van der Waals surface area contributed by atoms with Crippen LogP contribution in [0.5, 0.6) is 0 Å². The number of hydrogen-bond acceptors (Lipinski definition) is 6. The number of aromatic nitrogens is 4. The van der Waals surface area contributed by atoms with Crippen LogP contribution in [0.15, 0.2) is 40.3 Å². The van der Waals surface area contributed by atoms with E-state index >= 15 is 0 Å². The zero-order valence-electron chi connectivity index (χ0n) is 19.9. The lowest BCUT2D eigenvalue weighted by Crippen LogP contribution is -2.55. The van der Waals surface area contributed by atoms with Gasteiger partial charge in [0.2, 0.25) is 5.91 Å². The van der Waals surface area contributed by atoms with Gasteiger partial charge in [-0.05, 0) is 44.2 Å². The van der Waals surface area contributed by atoms with Crippen molar-refractivity contribution in [1.29, 1.82) is 0 Å². The van der Waals surface area contributed by atoms with Gasteiger partial charge in [-0.2, -0.15) is 4.68 Å². The van der Waals surface area contributed by atoms with Crippen molar-refractivity contribution < 1.29 is 9.53 Å². The van der Waals surface area contributed by atoms with Gasteiger partial charge in [0, 0.05) is 18.8 Å². The molecule has 1 aromatic carbocycles. The van der Waals surface area contributed by atoms with Gasteiger partial charge in [0.15, 0.2) is 11.0 Å². The van der Waals surface area contributed by atoms with Crippen LogP contribution < -0.4 is 5.56 Å². The zero-order valence-corrected chi connectivity index (χ0v) is 20.7. The largest absolute Gasteiger partial charge is 0.374 e. The molecular formula is C26H31N5O3S. The summed E-state index contributed by atoms with van der Waals surface area (Å²) in [5.74, 6) is 0.963. The monoisotopic (exact) mass is 493 g/mol. The van der Waals surface area contributed by atoms with E-state index < -0.39 is 0 Å². The Bertz CT molecular complexity index is 1240. The number of amides is 1. The van der Waals surface area contributed by atoms with Crippen molar-refractivity contribution in [3.8, 4) is 17.1 Å². The van der Waals surface area contributed by atoms with Gasteiger partial charge in [-0.15, -0.1) is 5.10 Å². The highest BCUT2D eigenvalue weighted by molar-refractivity contribution is 7.99. The minimum absolute atomic E-state index is 0.117. The Morgan fingerprint density at radius 1 is 1.06 bits per heavy atom. The Morgan fingerprint density at radius 3 is 2.80 bits per heavy atom. The maximum absolute atomic E-state index is 13.4. The summed E-state index contributed by atoms with van der Waals surface area (Å²) in [5.41, 5.74) is 2.24. The van der Waals surface area contributed by atoms with Gasteiger partial charge in [-0.1, -0.05) is 49.2 Å². The third-order valence-corrected chi connectivity index (χ3v) is 8.51. The first-order valence-electron chi connectivity index (χ1n) is 12.8. The van der Waals surface area contributed by atoms with Crippen LogP contribution in [0.2, 0.25) is 0 Å². The summed E-state index contributed by atoms with van der Waals surface area (Å²) >= 11 is 1.48. The molecule has 2 atom stereocenters. The highest BCUT2D eigenvalue weighted by Crippen LogP contribution is 2.32. The van der Waals surface area contributed by atoms with Crippen LogP contribution in [0.1, 0.15) is 50.6 Å². The second-order valence-corrected chi connectivity index (χ2v) is 10.6. The molecule has 0 spiro atoms. The number of thioether (sulfide) groups is 1. The Balaban J connectivity index is 1.32. The molecule has 2 fully saturated rings. The van der Waals surface area contributed by atoms with Gasteiger partial charge in [0.1, 0.15) is 5.56 Å². The van der Waals surface area contributed by atoms with Crippen LogP contribution in [0.4, 0.5) is 0 Å². The Labute approximate surface area is 209 Å². The standard InChI is InChI=1S/C26H31N5O3S/c32-22(29-15-16-34-21-13-7-6-11-19(21)29)17-35-26-27-24-23(20-12-5-2-8-14-30(20)26)25(33)31(28-24)18-9-3-1-4-10-18/h1,3-4,9-10,19,21H,2,5-8,11-17H2. The number of rotatable bonds is 4. The van der Waals surface area contributed by atoms with Gasteiger partial charge in [-0.25, -0.2) is 4.98 Å². The van der Waals surface area contributed by atoms with Gasteiger partial charge in [0.05, 0.1) is 30.2 Å². The van der Waals surface area contributed by atoms with Gasteiger partial charge < -0.3 is 14.2 Å². The van der Waals surface area contributed by atoms with Gasteiger partial charge >= 0.3 is 0 Å². The van der Waals surface area contributed by atoms with E-state index in [1.807, 2.05) is 35.2 Å². The van der Waals surface area contributed by atoms with Crippen molar-refractivity contribution in [2.75, 3.05) is 18.9 Å². The van der Waals surface area contributed by atoms with E-state index in [2.05, 4.69) is 9.67 Å². The molecule has 6 rings (SSSR count). The van der Waals surface area contributed by atoms with Crippen LogP contribution in [0, 0.1) is 0 Å². The number of benzene rings is 1. The van der Waals surface area contributed by atoms with Crippen LogP contribution in [-0.2, 0) is 22.5 Å². The lowest BCUT2D eigenvalue weighted by molar-refractivity contribution is -0.146. The highest BCUT2D eigenvalue weighted by atomic mass is 32.2. The molecule has 1 amide bonds. The van der Waals surface area contributed by atoms with Crippen molar-refractivity contribution in [3.05, 3.63) is 46.4 Å². The fourth-order valence-corrected chi connectivity index (χ4v) is 6.75. The summed E-state index contributed by atoms with van der Waals surface area (Å²) in [4.78, 5) is 33.6. The summed E-state index contributed by atoms with van der Waals surface area (Å²) in [6, 6.07) is 9.70. The molecule has 8 nitrogen and oxygen atoms in total. The average Bonchev–Trinajstić information content (AvgIpc) is 3.05. The summed E-state index contributed by atoms with van der Waals surface area (Å²) < 4.78 is 9.59. The van der Waals surface area contributed by atoms with Crippen LogP contribution in [0.3, 0.4) is 0 Å². The van der Waals surface area contributed by atoms with Crippen molar-refractivity contribution >= 4 is 17.7 Å². The van der Waals surface area contributed by atoms with Crippen molar-refractivity contribution in [1.82, 2.24) is 24.2 Å². The van der Waals surface area contributed by atoms with Crippen molar-refractivity contribution in [2.45, 2.75) is 75.2 Å². The number of hydrogen-bond donors (Lipinski definition) is 0. The number of para-hydroxylation sites is 1. The zero-order chi connectivity index (χ0) is 23.8. The van der Waals surface area contributed by atoms with Crippen molar-refractivity contribution in [3.63, 3.8) is 0 Å². The molecule has 4 aliphatic heterocycles. The van der Waals surface area contributed by atoms with Gasteiger partial charge in [-0.3, -0.25) is 9.59 Å². The minimum atomic E-state index is -0.117. The summed E-state index contributed by atoms with van der Waals surface area (Å²) in [6.07, 6.45) is 8.61. The first-order valence-corrected chi connectivity index (χ1v) is 13.8. The molecule has 2 unspecified atom stereocenters. The lowest BCUT2D eigenvalue weighted by Gasteiger charge is -2.43. The Hall–Kier alpha value is -2.65. The number of nitrogens with zero attached hydrogens (tertiary/aromatic N) is 5. The quantitative estimate of drug-likeness (QED) is 0.409. The third kappa shape index (κ3) is 4.29. The molecule has 4 heterocycles. The molecule has 0 radical (unpaired) electrons. The van der Waals surface area contributed by atoms with E-state index in [1.165, 1.54) is 22.9 Å². The second-order valence-electron chi connectivity index (χ2n) is 9.69. The number of morpholine rings is 1. The van der Waals surface area contributed by atoms with E-state index in [1.54, 1.807) is 0 Å². The summed E-state index contributed by atoms with van der Waals surface area (Å²) in [6.45, 7) is 2.10. The summed E-state index contributed by atoms with van der Waals surface area (Å²) in [5, 5.41) is 5.39. The molecular weight excluding hydrogens is 462 g/mol. The molecule has 5 aliphatic rings. The Morgan fingerprint density at radius 2 is 1.91 bits per heavy atom. The topological polar surface area (TPSA) is 82.2 Å². The van der Waals surface area contributed by atoms with E-state index in [-0.39, 0.29) is 23.6 Å². The molecule has 1 saturated heterocycles. The fourth-order valence-electron chi connectivity index (χ4n) is 5.82. The molecule has 0 bridgehead atoms. The molecule has 1 aromatic rings. The van der Waals surface area contributed by atoms with Crippen molar-refractivity contribution in [2.24, 2.45) is 0 Å². The normalized spacial score (nSPS) is 22.5. The van der Waals surface area contributed by atoms with E-state index in [4.69, 9.17) is 9.72 Å². The first-order chi connectivity index (χ1) is 17.2. The number of carbonyl (C=O) groups is 1. The van der Waals surface area contributed by atoms with E-state index in [0.29, 0.717) is 30.3 Å². The molecule has 184 valence electrons.